The molecule has 1 aliphatic rings. The van der Waals surface area contributed by atoms with Gasteiger partial charge in [-0.1, -0.05) is 36.4 Å². The molecule has 0 amide bonds. The van der Waals surface area contributed by atoms with Crippen LogP contribution in [-0.2, 0) is 6.42 Å². The van der Waals surface area contributed by atoms with E-state index in [0.29, 0.717) is 6.54 Å². The van der Waals surface area contributed by atoms with Crippen molar-refractivity contribution in [3.05, 3.63) is 41.5 Å². The van der Waals surface area contributed by atoms with Crippen molar-refractivity contribution in [1.82, 2.24) is 0 Å². The molecule has 0 bridgehead atoms. The van der Waals surface area contributed by atoms with Gasteiger partial charge in [-0.2, -0.15) is 0 Å². The number of hydrogen-bond donors (Lipinski definition) is 2. The van der Waals surface area contributed by atoms with Crippen molar-refractivity contribution in [1.29, 1.82) is 0 Å². The van der Waals surface area contributed by atoms with Gasteiger partial charge in [0.15, 0.2) is 0 Å². The first kappa shape index (κ1) is 10.4. The highest BCUT2D eigenvalue weighted by atomic mass is 16.3. The van der Waals surface area contributed by atoms with Crippen molar-refractivity contribution in [2.24, 2.45) is 5.73 Å². The standard InChI is InChI=1S/C13H17NO/c14-8-2-5-11-3-1-4-12(9-11)10-13(15)6-7-13/h1-5,9,15H,6-8,10,14H2/b5-2+. The summed E-state index contributed by atoms with van der Waals surface area (Å²) in [5.74, 6) is 0. The van der Waals surface area contributed by atoms with Gasteiger partial charge in [-0.3, -0.25) is 0 Å². The molecule has 0 heterocycles. The lowest BCUT2D eigenvalue weighted by molar-refractivity contribution is 0.151. The molecular formula is C13H17NO. The smallest absolute Gasteiger partial charge is 0.0690 e. The van der Waals surface area contributed by atoms with Crippen molar-refractivity contribution in [3.63, 3.8) is 0 Å². The highest BCUT2D eigenvalue weighted by Gasteiger charge is 2.39. The van der Waals surface area contributed by atoms with E-state index in [4.69, 9.17) is 5.73 Å². The van der Waals surface area contributed by atoms with Crippen LogP contribution < -0.4 is 5.73 Å². The summed E-state index contributed by atoms with van der Waals surface area (Å²) in [5, 5.41) is 9.81. The highest BCUT2D eigenvalue weighted by molar-refractivity contribution is 5.50. The molecule has 80 valence electrons. The Morgan fingerprint density at radius 3 is 2.87 bits per heavy atom. The van der Waals surface area contributed by atoms with Gasteiger partial charge in [0.1, 0.15) is 0 Å². The Bertz CT molecular complexity index is 367. The molecule has 0 radical (unpaired) electrons. The van der Waals surface area contributed by atoms with Crippen molar-refractivity contribution in [3.8, 4) is 0 Å². The van der Waals surface area contributed by atoms with Crippen LogP contribution in [0.3, 0.4) is 0 Å². The van der Waals surface area contributed by atoms with E-state index in [2.05, 4.69) is 12.1 Å². The molecule has 0 atom stereocenters. The Kier molecular flexibility index (Phi) is 2.89. The predicted octanol–water partition coefficient (Wildman–Crippen LogP) is 1.73. The minimum Gasteiger partial charge on any atom is -0.390 e. The van der Waals surface area contributed by atoms with Gasteiger partial charge in [0.05, 0.1) is 5.60 Å². The first-order valence-electron chi connectivity index (χ1n) is 5.40. The first-order valence-corrected chi connectivity index (χ1v) is 5.40. The van der Waals surface area contributed by atoms with E-state index < -0.39 is 5.60 Å². The quantitative estimate of drug-likeness (QED) is 0.782. The second kappa shape index (κ2) is 4.17. The summed E-state index contributed by atoms with van der Waals surface area (Å²) in [6.45, 7) is 0.564. The fraction of sp³-hybridized carbons (Fsp3) is 0.385. The largest absolute Gasteiger partial charge is 0.390 e. The zero-order valence-corrected chi connectivity index (χ0v) is 8.82. The molecule has 3 N–H and O–H groups in total. The van der Waals surface area contributed by atoms with E-state index >= 15 is 0 Å². The Balaban J connectivity index is 2.08. The summed E-state index contributed by atoms with van der Waals surface area (Å²) in [6, 6.07) is 8.25. The molecule has 0 unspecified atom stereocenters. The molecule has 1 saturated carbocycles. The van der Waals surface area contributed by atoms with Crippen LogP contribution in [0.5, 0.6) is 0 Å². The van der Waals surface area contributed by atoms with Gasteiger partial charge in [0, 0.05) is 13.0 Å². The van der Waals surface area contributed by atoms with E-state index in [-0.39, 0.29) is 0 Å². The number of hydrogen-bond acceptors (Lipinski definition) is 2. The zero-order chi connectivity index (χ0) is 10.7. The van der Waals surface area contributed by atoms with Crippen LogP contribution in [-0.4, -0.2) is 17.3 Å². The molecule has 2 heteroatoms. The predicted molar refractivity (Wildman–Crippen MR) is 62.4 cm³/mol. The lowest BCUT2D eigenvalue weighted by atomic mass is 10.0. The SMILES string of the molecule is NC/C=C/c1cccc(CC2(O)CC2)c1. The Morgan fingerprint density at radius 2 is 2.20 bits per heavy atom. The van der Waals surface area contributed by atoms with Gasteiger partial charge in [-0.15, -0.1) is 0 Å². The molecule has 1 aliphatic carbocycles. The van der Waals surface area contributed by atoms with E-state index in [0.717, 1.165) is 24.8 Å². The summed E-state index contributed by atoms with van der Waals surface area (Å²) in [5.41, 5.74) is 7.35. The molecule has 15 heavy (non-hydrogen) atoms. The first-order chi connectivity index (χ1) is 7.22. The maximum atomic E-state index is 9.81. The number of aliphatic hydroxyl groups is 1. The highest BCUT2D eigenvalue weighted by Crippen LogP contribution is 2.38. The summed E-state index contributed by atoms with van der Waals surface area (Å²) < 4.78 is 0. The molecular weight excluding hydrogens is 186 g/mol. The molecule has 0 aromatic heterocycles. The lowest BCUT2D eigenvalue weighted by Crippen LogP contribution is -2.10. The van der Waals surface area contributed by atoms with Crippen LogP contribution in [0.1, 0.15) is 24.0 Å². The van der Waals surface area contributed by atoms with E-state index in [1.165, 1.54) is 5.56 Å². The minimum absolute atomic E-state index is 0.407. The van der Waals surface area contributed by atoms with Crippen LogP contribution in [0.15, 0.2) is 30.3 Å². The molecule has 1 fully saturated rings. The summed E-state index contributed by atoms with van der Waals surface area (Å²) in [7, 11) is 0. The summed E-state index contributed by atoms with van der Waals surface area (Å²) >= 11 is 0. The number of rotatable bonds is 4. The third-order valence-electron chi connectivity index (χ3n) is 2.76. The zero-order valence-electron chi connectivity index (χ0n) is 8.82. The minimum atomic E-state index is -0.407. The molecule has 2 rings (SSSR count). The summed E-state index contributed by atoms with van der Waals surface area (Å²) in [4.78, 5) is 0. The van der Waals surface area contributed by atoms with Crippen LogP contribution in [0.25, 0.3) is 6.08 Å². The van der Waals surface area contributed by atoms with Gasteiger partial charge in [-0.05, 0) is 24.0 Å². The Morgan fingerprint density at radius 1 is 1.40 bits per heavy atom. The third kappa shape index (κ3) is 2.91. The van der Waals surface area contributed by atoms with Gasteiger partial charge < -0.3 is 10.8 Å². The average Bonchev–Trinajstić information content (AvgIpc) is 2.93. The van der Waals surface area contributed by atoms with Crippen molar-refractivity contribution >= 4 is 6.08 Å². The van der Waals surface area contributed by atoms with Gasteiger partial charge in [0.2, 0.25) is 0 Å². The van der Waals surface area contributed by atoms with Crippen molar-refractivity contribution < 1.29 is 5.11 Å². The van der Waals surface area contributed by atoms with Crippen LogP contribution in [0, 0.1) is 0 Å². The maximum Gasteiger partial charge on any atom is 0.0690 e. The molecule has 1 aromatic rings. The molecule has 0 aliphatic heterocycles. The number of nitrogens with two attached hydrogens (primary N) is 1. The van der Waals surface area contributed by atoms with E-state index in [9.17, 15) is 5.11 Å². The van der Waals surface area contributed by atoms with E-state index in [1.807, 2.05) is 24.3 Å². The maximum absolute atomic E-state index is 9.81. The van der Waals surface area contributed by atoms with Crippen molar-refractivity contribution in [2.75, 3.05) is 6.54 Å². The fourth-order valence-electron chi connectivity index (χ4n) is 1.71. The molecule has 0 saturated heterocycles. The van der Waals surface area contributed by atoms with Crippen LogP contribution in [0.2, 0.25) is 0 Å². The number of benzene rings is 1. The Labute approximate surface area is 90.4 Å². The van der Waals surface area contributed by atoms with Gasteiger partial charge >= 0.3 is 0 Å². The van der Waals surface area contributed by atoms with Gasteiger partial charge in [-0.25, -0.2) is 0 Å². The Hall–Kier alpha value is -1.12. The second-order valence-electron chi connectivity index (χ2n) is 4.28. The normalized spacial score (nSPS) is 18.3. The third-order valence-corrected chi connectivity index (χ3v) is 2.76. The van der Waals surface area contributed by atoms with Crippen LogP contribution in [0.4, 0.5) is 0 Å². The average molecular weight is 203 g/mol. The summed E-state index contributed by atoms with van der Waals surface area (Å²) in [6.07, 6.45) is 6.61. The topological polar surface area (TPSA) is 46.2 Å². The monoisotopic (exact) mass is 203 g/mol. The van der Waals surface area contributed by atoms with E-state index in [1.54, 1.807) is 0 Å². The fourth-order valence-corrected chi connectivity index (χ4v) is 1.71. The molecule has 1 aromatic carbocycles. The second-order valence-corrected chi connectivity index (χ2v) is 4.28. The van der Waals surface area contributed by atoms with Gasteiger partial charge in [0.25, 0.3) is 0 Å². The molecule has 2 nitrogen and oxygen atoms in total. The lowest BCUT2D eigenvalue weighted by Gasteiger charge is -2.07. The molecule has 0 spiro atoms. The van der Waals surface area contributed by atoms with Crippen molar-refractivity contribution in [2.45, 2.75) is 24.9 Å². The van der Waals surface area contributed by atoms with Crippen LogP contribution >= 0.6 is 0 Å².